The summed E-state index contributed by atoms with van der Waals surface area (Å²) in [5.41, 5.74) is 1.02. The molecule has 1 aliphatic heterocycles. The number of fused-ring (bicyclic) bond motifs is 1. The van der Waals surface area contributed by atoms with Crippen molar-refractivity contribution in [3.63, 3.8) is 0 Å². The van der Waals surface area contributed by atoms with Crippen LogP contribution in [0.15, 0.2) is 42.5 Å². The van der Waals surface area contributed by atoms with Crippen LogP contribution in [-0.4, -0.2) is 36.1 Å². The van der Waals surface area contributed by atoms with E-state index in [1.807, 2.05) is 18.2 Å². The second kappa shape index (κ2) is 7.82. The van der Waals surface area contributed by atoms with Crippen LogP contribution >= 0.6 is 0 Å². The summed E-state index contributed by atoms with van der Waals surface area (Å²) in [5, 5.41) is 23.7. The van der Waals surface area contributed by atoms with E-state index in [0.29, 0.717) is 18.8 Å². The van der Waals surface area contributed by atoms with Gasteiger partial charge in [-0.05, 0) is 29.8 Å². The fourth-order valence-corrected chi connectivity index (χ4v) is 2.35. The zero-order valence-corrected chi connectivity index (χ0v) is 13.4. The Kier molecular flexibility index (Phi) is 5.32. The van der Waals surface area contributed by atoms with Crippen molar-refractivity contribution < 1.29 is 24.2 Å². The molecule has 1 aliphatic rings. The molecule has 3 rings (SSSR count). The largest absolute Gasteiger partial charge is 0.491 e. The number of nitrogens with one attached hydrogen (secondary N) is 1. The lowest BCUT2D eigenvalue weighted by atomic mass is 10.2. The molecule has 0 unspecified atom stereocenters. The van der Waals surface area contributed by atoms with Crippen LogP contribution in [0.4, 0.5) is 5.69 Å². The van der Waals surface area contributed by atoms with E-state index < -0.39 is 11.0 Å². The smallest absolute Gasteiger partial charge is 0.269 e. The summed E-state index contributed by atoms with van der Waals surface area (Å²) < 4.78 is 16.0. The van der Waals surface area contributed by atoms with Gasteiger partial charge in [-0.1, -0.05) is 6.07 Å². The van der Waals surface area contributed by atoms with Crippen molar-refractivity contribution in [1.29, 1.82) is 0 Å². The van der Waals surface area contributed by atoms with Gasteiger partial charge in [-0.2, -0.15) is 0 Å². The first kappa shape index (κ1) is 17.0. The highest BCUT2D eigenvalue weighted by Gasteiger charge is 2.13. The molecular formula is C17H18N2O6. The second-order valence-electron chi connectivity index (χ2n) is 5.53. The molecule has 2 aromatic rings. The third kappa shape index (κ3) is 4.59. The van der Waals surface area contributed by atoms with E-state index in [2.05, 4.69) is 5.32 Å². The molecule has 0 bridgehead atoms. The summed E-state index contributed by atoms with van der Waals surface area (Å²) in [7, 11) is 0. The Hall–Kier alpha value is -2.84. The first-order valence-corrected chi connectivity index (χ1v) is 7.76. The highest BCUT2D eigenvalue weighted by Crippen LogP contribution is 2.32. The number of benzene rings is 2. The predicted octanol–water partition coefficient (Wildman–Crippen LogP) is 1.85. The maximum atomic E-state index is 10.6. The topological polar surface area (TPSA) is 103 Å². The Morgan fingerprint density at radius 2 is 1.96 bits per heavy atom. The predicted molar refractivity (Wildman–Crippen MR) is 88.9 cm³/mol. The van der Waals surface area contributed by atoms with E-state index in [1.165, 1.54) is 24.3 Å². The van der Waals surface area contributed by atoms with Crippen LogP contribution in [0.1, 0.15) is 5.56 Å². The minimum absolute atomic E-state index is 0.00158. The van der Waals surface area contributed by atoms with Crippen LogP contribution < -0.4 is 19.5 Å². The van der Waals surface area contributed by atoms with Gasteiger partial charge < -0.3 is 24.6 Å². The van der Waals surface area contributed by atoms with Crippen molar-refractivity contribution in [2.45, 2.75) is 12.6 Å². The van der Waals surface area contributed by atoms with Crippen LogP contribution in [-0.2, 0) is 6.54 Å². The summed E-state index contributed by atoms with van der Waals surface area (Å²) in [5.74, 6) is 1.93. The van der Waals surface area contributed by atoms with Crippen LogP contribution in [0.5, 0.6) is 17.2 Å². The van der Waals surface area contributed by atoms with Gasteiger partial charge in [0.05, 0.1) is 4.92 Å². The van der Waals surface area contributed by atoms with Crippen LogP contribution in [0.25, 0.3) is 0 Å². The number of hydrogen-bond acceptors (Lipinski definition) is 7. The molecule has 0 amide bonds. The average molecular weight is 346 g/mol. The molecule has 0 fully saturated rings. The third-order valence-electron chi connectivity index (χ3n) is 3.64. The van der Waals surface area contributed by atoms with Crippen molar-refractivity contribution in [2.24, 2.45) is 0 Å². The van der Waals surface area contributed by atoms with Gasteiger partial charge in [0.15, 0.2) is 11.5 Å². The summed E-state index contributed by atoms with van der Waals surface area (Å²) >= 11 is 0. The Balaban J connectivity index is 1.39. The standard InChI is InChI=1S/C17H18N2O6/c20-14(10-23-15-4-2-13(3-5-15)19(21)22)9-18-8-12-1-6-16-17(7-12)25-11-24-16/h1-7,14,18,20H,8-11H2/t14-/m0/s1. The number of nitro groups is 1. The molecule has 2 N–H and O–H groups in total. The van der Waals surface area contributed by atoms with Crippen molar-refractivity contribution in [1.82, 2.24) is 5.32 Å². The molecule has 0 radical (unpaired) electrons. The number of aliphatic hydroxyl groups excluding tert-OH is 1. The summed E-state index contributed by atoms with van der Waals surface area (Å²) in [6, 6.07) is 11.4. The quantitative estimate of drug-likeness (QED) is 0.555. The van der Waals surface area contributed by atoms with Crippen LogP contribution in [0.2, 0.25) is 0 Å². The van der Waals surface area contributed by atoms with E-state index >= 15 is 0 Å². The first-order valence-electron chi connectivity index (χ1n) is 7.76. The van der Waals surface area contributed by atoms with E-state index in [0.717, 1.165) is 17.1 Å². The highest BCUT2D eigenvalue weighted by molar-refractivity contribution is 5.44. The zero-order valence-electron chi connectivity index (χ0n) is 13.4. The maximum absolute atomic E-state index is 10.6. The average Bonchev–Trinajstić information content (AvgIpc) is 3.08. The summed E-state index contributed by atoms with van der Waals surface area (Å²) in [6.45, 7) is 1.25. The van der Waals surface area contributed by atoms with Gasteiger partial charge in [0.25, 0.3) is 5.69 Å². The van der Waals surface area contributed by atoms with E-state index in [-0.39, 0.29) is 19.1 Å². The summed E-state index contributed by atoms with van der Waals surface area (Å²) in [6.07, 6.45) is -0.704. The van der Waals surface area contributed by atoms with Crippen molar-refractivity contribution >= 4 is 5.69 Å². The van der Waals surface area contributed by atoms with Crippen molar-refractivity contribution in [2.75, 3.05) is 19.9 Å². The van der Waals surface area contributed by atoms with E-state index in [4.69, 9.17) is 14.2 Å². The molecule has 0 spiro atoms. The second-order valence-corrected chi connectivity index (χ2v) is 5.53. The number of ether oxygens (including phenoxy) is 3. The molecular weight excluding hydrogens is 328 g/mol. The van der Waals surface area contributed by atoms with Crippen LogP contribution in [0.3, 0.4) is 0 Å². The van der Waals surface area contributed by atoms with Crippen molar-refractivity contribution in [3.8, 4) is 17.2 Å². The maximum Gasteiger partial charge on any atom is 0.269 e. The molecule has 0 saturated heterocycles. The first-order chi connectivity index (χ1) is 12.1. The normalized spacial score (nSPS) is 13.5. The molecule has 2 aromatic carbocycles. The Morgan fingerprint density at radius 1 is 1.20 bits per heavy atom. The zero-order chi connectivity index (χ0) is 17.6. The lowest BCUT2D eigenvalue weighted by Crippen LogP contribution is -2.31. The Labute approximate surface area is 144 Å². The SMILES string of the molecule is O=[N+]([O-])c1ccc(OC[C@@H](O)CNCc2ccc3c(c2)OCO3)cc1. The van der Waals surface area contributed by atoms with E-state index in [1.54, 1.807) is 0 Å². The molecule has 1 atom stereocenters. The van der Waals surface area contributed by atoms with Crippen molar-refractivity contribution in [3.05, 3.63) is 58.1 Å². The van der Waals surface area contributed by atoms with Gasteiger partial charge in [0.1, 0.15) is 18.5 Å². The van der Waals surface area contributed by atoms with Gasteiger partial charge in [0.2, 0.25) is 6.79 Å². The highest BCUT2D eigenvalue weighted by atomic mass is 16.7. The molecule has 25 heavy (non-hydrogen) atoms. The van der Waals surface area contributed by atoms with Gasteiger partial charge in [-0.15, -0.1) is 0 Å². The number of nitrogens with zero attached hydrogens (tertiary/aromatic N) is 1. The number of aliphatic hydroxyl groups is 1. The Morgan fingerprint density at radius 3 is 2.72 bits per heavy atom. The number of non-ortho nitro benzene ring substituents is 1. The summed E-state index contributed by atoms with van der Waals surface area (Å²) in [4.78, 5) is 10.1. The number of rotatable bonds is 8. The van der Waals surface area contributed by atoms with Gasteiger partial charge >= 0.3 is 0 Å². The minimum atomic E-state index is -0.704. The number of hydrogen-bond donors (Lipinski definition) is 2. The fourth-order valence-electron chi connectivity index (χ4n) is 2.35. The molecule has 0 aliphatic carbocycles. The molecule has 8 nitrogen and oxygen atoms in total. The third-order valence-corrected chi connectivity index (χ3v) is 3.64. The molecule has 1 heterocycles. The van der Waals surface area contributed by atoms with Gasteiger partial charge in [-0.3, -0.25) is 10.1 Å². The lowest BCUT2D eigenvalue weighted by molar-refractivity contribution is -0.384. The van der Waals surface area contributed by atoms with Gasteiger partial charge in [-0.25, -0.2) is 0 Å². The number of nitro benzene ring substituents is 1. The molecule has 132 valence electrons. The molecule has 8 heteroatoms. The lowest BCUT2D eigenvalue weighted by Gasteiger charge is -2.13. The Bertz CT molecular complexity index is 734. The molecule has 0 saturated carbocycles. The van der Waals surface area contributed by atoms with Gasteiger partial charge in [0, 0.05) is 25.2 Å². The minimum Gasteiger partial charge on any atom is -0.491 e. The fraction of sp³-hybridized carbons (Fsp3) is 0.294. The monoisotopic (exact) mass is 346 g/mol. The molecule has 0 aromatic heterocycles. The van der Waals surface area contributed by atoms with E-state index in [9.17, 15) is 15.2 Å². The van der Waals surface area contributed by atoms with Crippen LogP contribution in [0, 0.1) is 10.1 Å².